The number of fused-ring (bicyclic) bond motifs is 1. The number of phenolic OH excluding ortho intramolecular Hbond substituents is 1. The van der Waals surface area contributed by atoms with Crippen LogP contribution in [0.4, 0.5) is 4.79 Å². The normalized spacial score (nSPS) is 10.3. The molecule has 0 saturated carbocycles. The molecule has 0 aromatic heterocycles. The minimum absolute atomic E-state index is 0. The molecule has 0 unspecified atom stereocenters. The van der Waals surface area contributed by atoms with Crippen molar-refractivity contribution in [3.8, 4) is 5.75 Å². The zero-order valence-electron chi connectivity index (χ0n) is 14.2. The molecule has 0 aliphatic heterocycles. The number of carbonyl (C=O) groups excluding carboxylic acids is 1. The minimum Gasteiger partial charge on any atom is -1.00 e. The van der Waals surface area contributed by atoms with Crippen molar-refractivity contribution in [2.75, 3.05) is 35.2 Å². The summed E-state index contributed by atoms with van der Waals surface area (Å²) in [7, 11) is 9.20. The van der Waals surface area contributed by atoms with Crippen molar-refractivity contribution in [2.45, 2.75) is 6.54 Å². The highest BCUT2D eigenvalue weighted by atomic mass is 79.9. The molecule has 0 aliphatic rings. The van der Waals surface area contributed by atoms with E-state index in [2.05, 4.69) is 33.3 Å². The van der Waals surface area contributed by atoms with Crippen LogP contribution in [0, 0.1) is 0 Å². The van der Waals surface area contributed by atoms with Crippen LogP contribution in [-0.2, 0) is 6.54 Å². The topological polar surface area (TPSA) is 63.6 Å². The van der Waals surface area contributed by atoms with E-state index in [0.29, 0.717) is 5.75 Å². The zero-order valence-corrected chi connectivity index (χ0v) is 15.8. The summed E-state index contributed by atoms with van der Waals surface area (Å²) < 4.78 is 0.807. The largest absolute Gasteiger partial charge is 1.00 e. The number of quaternary nitrogens is 1. The van der Waals surface area contributed by atoms with E-state index in [0.717, 1.165) is 26.9 Å². The zero-order chi connectivity index (χ0) is 16.9. The summed E-state index contributed by atoms with van der Waals surface area (Å²) in [6.45, 7) is 0.827. The fraction of sp³-hybridized carbons (Fsp3) is 0.353. The van der Waals surface area contributed by atoms with Gasteiger partial charge >= 0.3 is 0 Å². The molecule has 0 radical (unpaired) electrons. The van der Waals surface area contributed by atoms with Crippen LogP contribution >= 0.6 is 0 Å². The third kappa shape index (κ3) is 6.88. The monoisotopic (exact) mass is 383 g/mol. The van der Waals surface area contributed by atoms with Crippen LogP contribution in [0.1, 0.15) is 5.56 Å². The molecule has 0 spiro atoms. The van der Waals surface area contributed by atoms with Crippen LogP contribution in [0.15, 0.2) is 36.4 Å². The molecule has 0 atom stereocenters. The van der Waals surface area contributed by atoms with Gasteiger partial charge in [-0.2, -0.15) is 0 Å². The van der Waals surface area contributed by atoms with Gasteiger partial charge in [-0.1, -0.05) is 30.3 Å². The summed E-state index contributed by atoms with van der Waals surface area (Å²) in [4.78, 5) is 10.5. The number of phenols is 1. The second-order valence-corrected chi connectivity index (χ2v) is 6.39. The lowest BCUT2D eigenvalue weighted by Gasteiger charge is -2.25. The number of hydrogen-bond donors (Lipinski definition) is 1. The Balaban J connectivity index is 0.000000599. The van der Waals surface area contributed by atoms with E-state index >= 15 is 0 Å². The summed E-state index contributed by atoms with van der Waals surface area (Å²) in [5.74, 6) is 0.395. The van der Waals surface area contributed by atoms with Gasteiger partial charge < -0.3 is 41.4 Å². The van der Waals surface area contributed by atoms with Gasteiger partial charge in [0.1, 0.15) is 18.4 Å². The van der Waals surface area contributed by atoms with Crippen LogP contribution in [0.5, 0.6) is 5.75 Å². The van der Waals surface area contributed by atoms with Crippen molar-refractivity contribution in [1.82, 2.24) is 4.90 Å². The van der Waals surface area contributed by atoms with E-state index in [-0.39, 0.29) is 17.0 Å². The summed E-state index contributed by atoms with van der Waals surface area (Å²) in [6.07, 6.45) is -1.16. The Kier molecular flexibility index (Phi) is 8.06. The number of carboxylic acid groups (broad SMARTS) is 1. The number of benzene rings is 2. The first kappa shape index (κ1) is 21.2. The van der Waals surface area contributed by atoms with Gasteiger partial charge in [0, 0.05) is 14.1 Å². The molecular formula is C17H24BrN2O3-. The first-order chi connectivity index (χ1) is 10.1. The number of amides is 1. The van der Waals surface area contributed by atoms with Crippen LogP contribution < -0.4 is 22.1 Å². The van der Waals surface area contributed by atoms with Crippen molar-refractivity contribution >= 4 is 16.9 Å². The second kappa shape index (κ2) is 8.74. The van der Waals surface area contributed by atoms with E-state index in [1.54, 1.807) is 6.07 Å². The van der Waals surface area contributed by atoms with Gasteiger partial charge in [-0.3, -0.25) is 0 Å². The molecule has 0 heterocycles. The number of aromatic hydroxyl groups is 1. The van der Waals surface area contributed by atoms with Crippen LogP contribution in [-0.4, -0.2) is 55.8 Å². The second-order valence-electron chi connectivity index (χ2n) is 6.39. The lowest BCUT2D eigenvalue weighted by molar-refractivity contribution is -0.883. The summed E-state index contributed by atoms with van der Waals surface area (Å²) in [5.41, 5.74) is 1.03. The van der Waals surface area contributed by atoms with E-state index in [1.807, 2.05) is 18.2 Å². The first-order valence-corrected chi connectivity index (χ1v) is 7.00. The quantitative estimate of drug-likeness (QED) is 0.652. The highest BCUT2D eigenvalue weighted by Crippen LogP contribution is 2.28. The Hall–Kier alpha value is -1.79. The maximum Gasteiger partial charge on any atom is 0.136 e. The lowest BCUT2D eigenvalue weighted by Crippen LogP contribution is -3.00. The highest BCUT2D eigenvalue weighted by Gasteiger charge is 2.15. The SMILES string of the molecule is CN(C)C(=O)[O-].C[N+](C)(C)Cc1c(O)ccc2ccccc12.[Br-]. The van der Waals surface area contributed by atoms with Crippen LogP contribution in [0.25, 0.3) is 10.8 Å². The molecule has 1 amide bonds. The summed E-state index contributed by atoms with van der Waals surface area (Å²) >= 11 is 0. The van der Waals surface area contributed by atoms with Gasteiger partial charge in [0.15, 0.2) is 0 Å². The van der Waals surface area contributed by atoms with Crippen molar-refractivity contribution in [3.05, 3.63) is 42.0 Å². The maximum absolute atomic E-state index is 9.96. The van der Waals surface area contributed by atoms with E-state index < -0.39 is 6.09 Å². The van der Waals surface area contributed by atoms with Crippen LogP contribution in [0.3, 0.4) is 0 Å². The fourth-order valence-electron chi connectivity index (χ4n) is 1.96. The Bertz CT molecular complexity index is 652. The Labute approximate surface area is 148 Å². The molecule has 0 bridgehead atoms. The molecule has 2 aromatic rings. The van der Waals surface area contributed by atoms with Crippen LogP contribution in [0.2, 0.25) is 0 Å². The molecule has 2 rings (SSSR count). The lowest BCUT2D eigenvalue weighted by atomic mass is 10.0. The van der Waals surface area contributed by atoms with Crippen molar-refractivity contribution in [3.63, 3.8) is 0 Å². The molecule has 1 N–H and O–H groups in total. The van der Waals surface area contributed by atoms with Crippen molar-refractivity contribution in [2.24, 2.45) is 0 Å². The molecular weight excluding hydrogens is 360 g/mol. The predicted octanol–water partition coefficient (Wildman–Crippen LogP) is -1.35. The number of rotatable bonds is 2. The van der Waals surface area contributed by atoms with Crippen molar-refractivity contribution < 1.29 is 36.5 Å². The molecule has 23 heavy (non-hydrogen) atoms. The number of carbonyl (C=O) groups is 1. The van der Waals surface area contributed by atoms with Gasteiger partial charge in [0.25, 0.3) is 0 Å². The Morgan fingerprint density at radius 1 is 1.13 bits per heavy atom. The minimum atomic E-state index is -1.16. The first-order valence-electron chi connectivity index (χ1n) is 7.00. The van der Waals surface area contributed by atoms with E-state index in [1.165, 1.54) is 19.5 Å². The third-order valence-corrected chi connectivity index (χ3v) is 3.01. The van der Waals surface area contributed by atoms with E-state index in [9.17, 15) is 15.0 Å². The third-order valence-electron chi connectivity index (χ3n) is 3.01. The fourth-order valence-corrected chi connectivity index (χ4v) is 1.96. The molecule has 0 aliphatic carbocycles. The van der Waals surface area contributed by atoms with Crippen molar-refractivity contribution in [1.29, 1.82) is 0 Å². The van der Waals surface area contributed by atoms with Gasteiger partial charge in [0.2, 0.25) is 0 Å². The van der Waals surface area contributed by atoms with Gasteiger partial charge in [-0.25, -0.2) is 0 Å². The Morgan fingerprint density at radius 3 is 2.13 bits per heavy atom. The van der Waals surface area contributed by atoms with Gasteiger partial charge in [-0.05, 0) is 16.8 Å². The van der Waals surface area contributed by atoms with E-state index in [4.69, 9.17) is 0 Å². The molecule has 6 heteroatoms. The molecule has 128 valence electrons. The van der Waals surface area contributed by atoms with Gasteiger partial charge in [0.05, 0.1) is 26.7 Å². The summed E-state index contributed by atoms with van der Waals surface area (Å²) in [6, 6.07) is 11.9. The standard InChI is InChI=1S/C14H17NO.C3H7NO2.BrH/c1-15(2,3)10-13-12-7-5-4-6-11(12)8-9-14(13)16;1-4(2)3(5)6;/h4-9H,10H2,1-3H3;1-2H3,(H,5,6);1H/p-1. The number of nitrogens with zero attached hydrogens (tertiary/aromatic N) is 2. The average Bonchev–Trinajstić information content (AvgIpc) is 2.41. The molecule has 0 saturated heterocycles. The predicted molar refractivity (Wildman–Crippen MR) is 86.4 cm³/mol. The Morgan fingerprint density at radius 2 is 1.65 bits per heavy atom. The average molecular weight is 384 g/mol. The number of hydrogen-bond acceptors (Lipinski definition) is 3. The molecule has 0 fully saturated rings. The smallest absolute Gasteiger partial charge is 0.136 e. The summed E-state index contributed by atoms with van der Waals surface area (Å²) in [5, 5.41) is 21.8. The molecule has 5 nitrogen and oxygen atoms in total. The highest BCUT2D eigenvalue weighted by molar-refractivity contribution is 5.87. The molecule has 2 aromatic carbocycles. The number of halogens is 1. The van der Waals surface area contributed by atoms with Gasteiger partial charge in [-0.15, -0.1) is 0 Å². The maximum atomic E-state index is 9.96.